The maximum absolute atomic E-state index is 15.1. The molecule has 2 aliphatic carbocycles. The number of ether oxygens (including phenoxy) is 1. The molecule has 1 aromatic carbocycles. The average molecular weight is 518 g/mol. The second kappa shape index (κ2) is 8.18. The third-order valence-corrected chi connectivity index (χ3v) is 6.87. The SMILES string of the molecule is OC1CC(c2ccccc2OC(F)F)c2c1nc1cc(F)c(-c3cnc(C4(O)CC(F)(F)C4)nc3)cn21. The van der Waals surface area contributed by atoms with Gasteiger partial charge in [-0.25, -0.2) is 28.1 Å². The summed E-state index contributed by atoms with van der Waals surface area (Å²) in [4.78, 5) is 12.4. The van der Waals surface area contributed by atoms with Crippen molar-refractivity contribution in [1.82, 2.24) is 19.4 Å². The summed E-state index contributed by atoms with van der Waals surface area (Å²) < 4.78 is 73.9. The van der Waals surface area contributed by atoms with Crippen LogP contribution in [0.2, 0.25) is 0 Å². The zero-order valence-electron chi connectivity index (χ0n) is 19.0. The second-order valence-electron chi connectivity index (χ2n) is 9.40. The lowest BCUT2D eigenvalue weighted by atomic mass is 9.76. The zero-order chi connectivity index (χ0) is 26.1. The molecule has 37 heavy (non-hydrogen) atoms. The van der Waals surface area contributed by atoms with E-state index in [1.54, 1.807) is 22.6 Å². The van der Waals surface area contributed by atoms with Crippen molar-refractivity contribution in [3.8, 4) is 16.9 Å². The molecule has 2 aliphatic rings. The van der Waals surface area contributed by atoms with Gasteiger partial charge in [-0.2, -0.15) is 8.78 Å². The van der Waals surface area contributed by atoms with Crippen LogP contribution in [0, 0.1) is 5.82 Å². The molecule has 12 heteroatoms. The highest BCUT2D eigenvalue weighted by molar-refractivity contribution is 5.65. The first kappa shape index (κ1) is 23.7. The first-order chi connectivity index (χ1) is 17.5. The molecule has 0 bridgehead atoms. The van der Waals surface area contributed by atoms with Crippen LogP contribution in [0.1, 0.15) is 54.1 Å². The molecule has 3 heterocycles. The van der Waals surface area contributed by atoms with E-state index in [0.717, 1.165) is 6.07 Å². The molecule has 0 saturated heterocycles. The highest BCUT2D eigenvalue weighted by Crippen LogP contribution is 2.51. The Kier molecular flexibility index (Phi) is 5.25. The fraction of sp³-hybridized carbons (Fsp3) is 0.320. The number of aromatic nitrogens is 4. The Morgan fingerprint density at radius 3 is 2.49 bits per heavy atom. The number of imidazole rings is 1. The first-order valence-corrected chi connectivity index (χ1v) is 11.4. The Morgan fingerprint density at radius 1 is 1.11 bits per heavy atom. The number of alkyl halides is 4. The van der Waals surface area contributed by atoms with Gasteiger partial charge in [0.15, 0.2) is 5.82 Å². The minimum atomic E-state index is -3.04. The van der Waals surface area contributed by atoms with E-state index in [2.05, 4.69) is 19.7 Å². The van der Waals surface area contributed by atoms with Crippen LogP contribution < -0.4 is 4.74 Å². The highest BCUT2D eigenvalue weighted by Gasteiger charge is 2.58. The van der Waals surface area contributed by atoms with Crippen LogP contribution in [0.15, 0.2) is 48.9 Å². The van der Waals surface area contributed by atoms with Crippen LogP contribution in [0.3, 0.4) is 0 Å². The Hall–Kier alpha value is -3.64. The third-order valence-electron chi connectivity index (χ3n) is 6.87. The maximum atomic E-state index is 15.1. The van der Waals surface area contributed by atoms with Crippen molar-refractivity contribution in [3.05, 3.63) is 77.5 Å². The summed E-state index contributed by atoms with van der Waals surface area (Å²) in [5.41, 5.74) is -0.144. The van der Waals surface area contributed by atoms with E-state index in [1.807, 2.05) is 0 Å². The van der Waals surface area contributed by atoms with Crippen LogP contribution in [0.25, 0.3) is 16.8 Å². The molecule has 7 nitrogen and oxygen atoms in total. The van der Waals surface area contributed by atoms with Gasteiger partial charge in [-0.1, -0.05) is 18.2 Å². The number of nitrogens with zero attached hydrogens (tertiary/aromatic N) is 4. The predicted molar refractivity (Wildman–Crippen MR) is 119 cm³/mol. The predicted octanol–water partition coefficient (Wildman–Crippen LogP) is 4.72. The number of aliphatic hydroxyl groups excluding tert-OH is 1. The number of aliphatic hydroxyl groups is 2. The summed E-state index contributed by atoms with van der Waals surface area (Å²) in [5, 5.41) is 21.0. The molecule has 3 aromatic heterocycles. The first-order valence-electron chi connectivity index (χ1n) is 11.4. The molecule has 2 atom stereocenters. The monoisotopic (exact) mass is 518 g/mol. The summed E-state index contributed by atoms with van der Waals surface area (Å²) in [6.07, 6.45) is 1.48. The molecule has 192 valence electrons. The van der Waals surface area contributed by atoms with E-state index in [4.69, 9.17) is 0 Å². The van der Waals surface area contributed by atoms with Crippen molar-refractivity contribution in [3.63, 3.8) is 0 Å². The van der Waals surface area contributed by atoms with E-state index in [0.29, 0.717) is 17.0 Å². The van der Waals surface area contributed by atoms with Gasteiger partial charge in [-0.3, -0.25) is 0 Å². The lowest BCUT2D eigenvalue weighted by Crippen LogP contribution is -2.50. The lowest BCUT2D eigenvalue weighted by Gasteiger charge is -2.41. The molecular weight excluding hydrogens is 499 g/mol. The number of pyridine rings is 1. The number of hydrogen-bond donors (Lipinski definition) is 2. The smallest absolute Gasteiger partial charge is 0.387 e. The zero-order valence-corrected chi connectivity index (χ0v) is 19.0. The topological polar surface area (TPSA) is 92.8 Å². The molecule has 4 aromatic rings. The van der Waals surface area contributed by atoms with Crippen molar-refractivity contribution in [2.45, 2.75) is 49.4 Å². The van der Waals surface area contributed by atoms with Crippen LogP contribution in [-0.4, -0.2) is 42.1 Å². The van der Waals surface area contributed by atoms with Gasteiger partial charge in [-0.15, -0.1) is 0 Å². The Bertz CT molecular complexity index is 1500. The Balaban J connectivity index is 1.41. The summed E-state index contributed by atoms with van der Waals surface area (Å²) in [7, 11) is 0. The third kappa shape index (κ3) is 3.91. The van der Waals surface area contributed by atoms with Crippen molar-refractivity contribution in [1.29, 1.82) is 0 Å². The molecule has 0 aliphatic heterocycles. The minimum Gasteiger partial charge on any atom is -0.435 e. The van der Waals surface area contributed by atoms with Crippen LogP contribution in [0.4, 0.5) is 22.0 Å². The standard InChI is InChI=1S/C25H19F5N4O3/c26-16-6-19-33-20-17(35)5-14(13-3-1-2-4-18(13)37-23(27)28)21(20)34(19)9-15(16)12-7-31-22(32-8-12)24(36)10-25(29,30)11-24/h1-4,6-9,14,17,23,35-36H,5,10-11H2. The molecule has 0 spiro atoms. The van der Waals surface area contributed by atoms with Crippen LogP contribution >= 0.6 is 0 Å². The lowest BCUT2D eigenvalue weighted by molar-refractivity contribution is -0.214. The molecule has 0 radical (unpaired) electrons. The van der Waals surface area contributed by atoms with Crippen LogP contribution in [-0.2, 0) is 5.60 Å². The fourth-order valence-electron chi connectivity index (χ4n) is 5.27. The number of halogens is 5. The summed E-state index contributed by atoms with van der Waals surface area (Å²) in [6, 6.07) is 7.41. The van der Waals surface area contributed by atoms with Gasteiger partial charge in [0.05, 0.1) is 17.5 Å². The largest absolute Gasteiger partial charge is 0.435 e. The maximum Gasteiger partial charge on any atom is 0.387 e. The van der Waals surface area contributed by atoms with Crippen LogP contribution in [0.5, 0.6) is 5.75 Å². The Labute approximate surface area is 206 Å². The number of benzene rings is 1. The van der Waals surface area contributed by atoms with Crippen molar-refractivity contribution in [2.24, 2.45) is 0 Å². The van der Waals surface area contributed by atoms with Crippen molar-refractivity contribution in [2.75, 3.05) is 0 Å². The van der Waals surface area contributed by atoms with E-state index >= 15 is 4.39 Å². The van der Waals surface area contributed by atoms with Crippen molar-refractivity contribution < 1.29 is 36.9 Å². The summed E-state index contributed by atoms with van der Waals surface area (Å²) >= 11 is 0. The highest BCUT2D eigenvalue weighted by atomic mass is 19.3. The molecule has 6 rings (SSSR count). The van der Waals surface area contributed by atoms with Gasteiger partial charge in [0.2, 0.25) is 0 Å². The van der Waals surface area contributed by atoms with E-state index in [1.165, 1.54) is 24.7 Å². The van der Waals surface area contributed by atoms with E-state index < -0.39 is 48.8 Å². The molecule has 1 saturated carbocycles. The van der Waals surface area contributed by atoms with E-state index in [9.17, 15) is 27.8 Å². The van der Waals surface area contributed by atoms with E-state index in [-0.39, 0.29) is 34.8 Å². The van der Waals surface area contributed by atoms with Gasteiger partial charge < -0.3 is 19.4 Å². The van der Waals surface area contributed by atoms with Gasteiger partial charge in [0.25, 0.3) is 5.92 Å². The van der Waals surface area contributed by atoms with Gasteiger partial charge in [0.1, 0.15) is 22.8 Å². The summed E-state index contributed by atoms with van der Waals surface area (Å²) in [5.74, 6) is -4.44. The molecule has 2 N–H and O–H groups in total. The quantitative estimate of drug-likeness (QED) is 0.372. The van der Waals surface area contributed by atoms with Gasteiger partial charge >= 0.3 is 6.61 Å². The number of hydrogen-bond acceptors (Lipinski definition) is 6. The van der Waals surface area contributed by atoms with Gasteiger partial charge in [0, 0.05) is 60.1 Å². The van der Waals surface area contributed by atoms with Crippen molar-refractivity contribution >= 4 is 5.65 Å². The molecule has 1 fully saturated rings. The number of para-hydroxylation sites is 1. The average Bonchev–Trinajstić information content (AvgIpc) is 3.34. The molecular formula is C25H19F5N4O3. The van der Waals surface area contributed by atoms with Gasteiger partial charge in [-0.05, 0) is 12.5 Å². The minimum absolute atomic E-state index is 0.0386. The normalized spacial score (nSPS) is 21.7. The number of rotatable bonds is 5. The molecule has 0 amide bonds. The molecule has 2 unspecified atom stereocenters. The Morgan fingerprint density at radius 2 is 1.81 bits per heavy atom. The number of fused-ring (bicyclic) bond motifs is 3. The summed E-state index contributed by atoms with van der Waals surface area (Å²) in [6.45, 7) is -3.04. The second-order valence-corrected chi connectivity index (χ2v) is 9.40. The fourth-order valence-corrected chi connectivity index (χ4v) is 5.27.